The molecule has 2 N–H and O–H groups in total. The first kappa shape index (κ1) is 31.5. The Labute approximate surface area is 253 Å². The fourth-order valence-electron chi connectivity index (χ4n) is 5.29. The summed E-state index contributed by atoms with van der Waals surface area (Å²) in [6.07, 6.45) is -4.90. The summed E-state index contributed by atoms with van der Waals surface area (Å²) in [5.41, 5.74) is 3.79. The van der Waals surface area contributed by atoms with Crippen molar-refractivity contribution in [2.24, 2.45) is 5.73 Å². The zero-order chi connectivity index (χ0) is 32.3. The van der Waals surface area contributed by atoms with Crippen molar-refractivity contribution in [1.29, 1.82) is 0 Å². The van der Waals surface area contributed by atoms with Crippen molar-refractivity contribution >= 4 is 11.5 Å². The van der Waals surface area contributed by atoms with E-state index in [-0.39, 0.29) is 31.1 Å². The Morgan fingerprint density at radius 2 is 1.62 bits per heavy atom. The lowest BCUT2D eigenvalue weighted by Gasteiger charge is -2.35. The highest BCUT2D eigenvalue weighted by atomic mass is 19.4. The summed E-state index contributed by atoms with van der Waals surface area (Å²) < 4.78 is 57.6. The van der Waals surface area contributed by atoms with Crippen LogP contribution in [0.5, 0.6) is 0 Å². The molecule has 0 amide bonds. The Bertz CT molecular complexity index is 1800. The number of nitro groups is 1. The van der Waals surface area contributed by atoms with E-state index < -0.39 is 51.9 Å². The van der Waals surface area contributed by atoms with Crippen LogP contribution < -0.4 is 21.9 Å². The van der Waals surface area contributed by atoms with Crippen LogP contribution in [0.3, 0.4) is 0 Å². The highest BCUT2D eigenvalue weighted by Crippen LogP contribution is 2.33. The first-order valence-corrected chi connectivity index (χ1v) is 14.0. The lowest BCUT2D eigenvalue weighted by atomic mass is 10.1. The number of nitro benzene ring substituents is 1. The molecule has 15 heteroatoms. The van der Waals surface area contributed by atoms with Gasteiger partial charge in [-0.05, 0) is 23.3 Å². The molecule has 0 unspecified atom stereocenters. The van der Waals surface area contributed by atoms with Crippen LogP contribution in [0.1, 0.15) is 28.3 Å². The van der Waals surface area contributed by atoms with Crippen LogP contribution >= 0.6 is 0 Å². The molecule has 0 radical (unpaired) electrons. The maximum atomic E-state index is 14.8. The minimum atomic E-state index is -4.90. The molecule has 11 nitrogen and oxygen atoms in total. The standard InChI is InChI=1S/C30H29F4N7O4/c31-25-11-5-10-24(30(32,33)34)23(25)18-40-29(43)39(19-26(35)21-7-2-1-3-8-21)28(42)27(36-40)38-14-12-37(13-15-38)17-20-6-4-9-22(16-20)41(44)45/h1-11,16,26H,12-15,17-19,35H2/t26-/m0/s1. The predicted molar refractivity (Wildman–Crippen MR) is 157 cm³/mol. The van der Waals surface area contributed by atoms with E-state index in [2.05, 4.69) is 5.10 Å². The highest BCUT2D eigenvalue weighted by Gasteiger charge is 2.35. The van der Waals surface area contributed by atoms with Crippen LogP contribution in [-0.4, -0.2) is 50.3 Å². The van der Waals surface area contributed by atoms with Crippen LogP contribution in [0, 0.1) is 15.9 Å². The van der Waals surface area contributed by atoms with Gasteiger partial charge in [-0.1, -0.05) is 48.5 Å². The lowest BCUT2D eigenvalue weighted by molar-refractivity contribution is -0.384. The summed E-state index contributed by atoms with van der Waals surface area (Å²) in [5, 5.41) is 15.3. The number of hydrogen-bond donors (Lipinski definition) is 1. The number of rotatable bonds is 9. The van der Waals surface area contributed by atoms with Gasteiger partial charge < -0.3 is 10.6 Å². The van der Waals surface area contributed by atoms with E-state index in [1.807, 2.05) is 4.90 Å². The van der Waals surface area contributed by atoms with Gasteiger partial charge in [-0.2, -0.15) is 13.2 Å². The van der Waals surface area contributed by atoms with E-state index in [1.54, 1.807) is 47.4 Å². The molecule has 0 bridgehead atoms. The molecule has 3 aromatic carbocycles. The van der Waals surface area contributed by atoms with Gasteiger partial charge in [-0.3, -0.25) is 24.4 Å². The zero-order valence-electron chi connectivity index (χ0n) is 23.9. The largest absolute Gasteiger partial charge is 0.416 e. The smallest absolute Gasteiger partial charge is 0.348 e. The van der Waals surface area contributed by atoms with E-state index >= 15 is 0 Å². The molecule has 0 aliphatic carbocycles. The molecular weight excluding hydrogens is 598 g/mol. The number of piperazine rings is 1. The third kappa shape index (κ3) is 7.10. The number of alkyl halides is 3. The second-order valence-electron chi connectivity index (χ2n) is 10.7. The van der Waals surface area contributed by atoms with Crippen molar-refractivity contribution in [2.45, 2.75) is 31.9 Å². The predicted octanol–water partition coefficient (Wildman–Crippen LogP) is 3.54. The minimum absolute atomic E-state index is 0.0320. The molecule has 2 heterocycles. The summed E-state index contributed by atoms with van der Waals surface area (Å²) in [6.45, 7) is 0.581. The quantitative estimate of drug-likeness (QED) is 0.169. The molecule has 1 aliphatic rings. The van der Waals surface area contributed by atoms with Gasteiger partial charge in [0, 0.05) is 56.5 Å². The maximum absolute atomic E-state index is 14.8. The average molecular weight is 628 g/mol. The van der Waals surface area contributed by atoms with Gasteiger partial charge in [0.2, 0.25) is 5.82 Å². The first-order valence-electron chi connectivity index (χ1n) is 14.0. The first-order chi connectivity index (χ1) is 21.4. The lowest BCUT2D eigenvalue weighted by Crippen LogP contribution is -2.51. The Kier molecular flexibility index (Phi) is 9.11. The van der Waals surface area contributed by atoms with Gasteiger partial charge in [0.1, 0.15) is 5.82 Å². The second kappa shape index (κ2) is 13.0. The number of halogens is 4. The van der Waals surface area contributed by atoms with Crippen molar-refractivity contribution in [3.8, 4) is 0 Å². The molecule has 45 heavy (non-hydrogen) atoms. The summed E-state index contributed by atoms with van der Waals surface area (Å²) in [4.78, 5) is 41.5. The Morgan fingerprint density at radius 1 is 0.933 bits per heavy atom. The topological polar surface area (TPSA) is 133 Å². The number of non-ortho nitro benzene ring substituents is 1. The fraction of sp³-hybridized carbons (Fsp3) is 0.300. The molecule has 1 atom stereocenters. The maximum Gasteiger partial charge on any atom is 0.416 e. The van der Waals surface area contributed by atoms with E-state index in [4.69, 9.17) is 5.73 Å². The average Bonchev–Trinajstić information content (AvgIpc) is 3.02. The van der Waals surface area contributed by atoms with E-state index in [0.29, 0.717) is 35.9 Å². The summed E-state index contributed by atoms with van der Waals surface area (Å²) in [6, 6.07) is 16.6. The van der Waals surface area contributed by atoms with Crippen molar-refractivity contribution in [1.82, 2.24) is 19.2 Å². The third-order valence-corrected chi connectivity index (χ3v) is 7.64. The van der Waals surface area contributed by atoms with Crippen molar-refractivity contribution in [2.75, 3.05) is 31.1 Å². The number of nitrogens with zero attached hydrogens (tertiary/aromatic N) is 6. The minimum Gasteiger partial charge on any atom is -0.348 e. The van der Waals surface area contributed by atoms with Crippen LogP contribution in [0.2, 0.25) is 0 Å². The monoisotopic (exact) mass is 627 g/mol. The van der Waals surface area contributed by atoms with E-state index in [9.17, 15) is 37.3 Å². The van der Waals surface area contributed by atoms with Gasteiger partial charge >= 0.3 is 11.9 Å². The summed E-state index contributed by atoms with van der Waals surface area (Å²) >= 11 is 0. The van der Waals surface area contributed by atoms with Crippen LogP contribution in [0.4, 0.5) is 29.1 Å². The Balaban J connectivity index is 1.47. The van der Waals surface area contributed by atoms with Crippen molar-refractivity contribution < 1.29 is 22.5 Å². The number of nitrogens with two attached hydrogens (primary N) is 1. The number of hydrogen-bond acceptors (Lipinski definition) is 8. The molecule has 5 rings (SSSR count). The molecule has 1 fully saturated rings. The number of anilines is 1. The molecule has 236 valence electrons. The normalized spacial score (nSPS) is 14.8. The van der Waals surface area contributed by atoms with Gasteiger partial charge in [0.25, 0.3) is 11.2 Å². The second-order valence-corrected chi connectivity index (χ2v) is 10.7. The SMILES string of the molecule is N[C@@H](Cn1c(=O)c(N2CCN(Cc3cccc([N+](=O)[O-])c3)CC2)nn(Cc2c(F)cccc2C(F)(F)F)c1=O)c1ccccc1. The van der Waals surface area contributed by atoms with E-state index in [0.717, 1.165) is 22.3 Å². The molecule has 4 aromatic rings. The number of aromatic nitrogens is 3. The van der Waals surface area contributed by atoms with E-state index in [1.165, 1.54) is 12.1 Å². The molecule has 1 aromatic heterocycles. The molecule has 0 saturated carbocycles. The number of benzene rings is 3. The summed E-state index contributed by atoms with van der Waals surface area (Å²) in [5.74, 6) is -1.36. The third-order valence-electron chi connectivity index (χ3n) is 7.64. The van der Waals surface area contributed by atoms with Crippen LogP contribution in [0.25, 0.3) is 0 Å². The highest BCUT2D eigenvalue weighted by molar-refractivity contribution is 5.37. The Morgan fingerprint density at radius 3 is 2.29 bits per heavy atom. The van der Waals surface area contributed by atoms with Crippen molar-refractivity contribution in [3.05, 3.63) is 132 Å². The van der Waals surface area contributed by atoms with Crippen molar-refractivity contribution in [3.63, 3.8) is 0 Å². The molecule has 0 spiro atoms. The fourth-order valence-corrected chi connectivity index (χ4v) is 5.29. The summed E-state index contributed by atoms with van der Waals surface area (Å²) in [7, 11) is 0. The molecule has 1 saturated heterocycles. The molecular formula is C30H29F4N7O4. The van der Waals surface area contributed by atoms with Crippen LogP contribution in [-0.2, 0) is 25.8 Å². The zero-order valence-corrected chi connectivity index (χ0v) is 23.9. The molecule has 1 aliphatic heterocycles. The van der Waals surface area contributed by atoms with Gasteiger partial charge in [-0.15, -0.1) is 5.10 Å². The van der Waals surface area contributed by atoms with Crippen LogP contribution in [0.15, 0.2) is 82.4 Å². The van der Waals surface area contributed by atoms with Gasteiger partial charge in [-0.25, -0.2) is 13.9 Å². The van der Waals surface area contributed by atoms with Gasteiger partial charge in [0.05, 0.1) is 23.6 Å². The Hall–Kier alpha value is -4.89. The van der Waals surface area contributed by atoms with Gasteiger partial charge in [0.15, 0.2) is 0 Å².